The van der Waals surface area contributed by atoms with Crippen LogP contribution in [0.25, 0.3) is 5.76 Å². The molecular formula is C25H31N3O7S. The fourth-order valence-electron chi connectivity index (χ4n) is 3.94. The zero-order chi connectivity index (χ0) is 26.8. The first kappa shape index (κ1) is 27.2. The van der Waals surface area contributed by atoms with Crippen molar-refractivity contribution in [3.63, 3.8) is 0 Å². The molecule has 0 aromatic heterocycles. The number of carbonyl (C=O) groups is 2. The second-order valence-electron chi connectivity index (χ2n) is 8.72. The maximum atomic E-state index is 13.2. The van der Waals surface area contributed by atoms with Gasteiger partial charge in [-0.15, -0.1) is 0 Å². The highest BCUT2D eigenvalue weighted by Gasteiger charge is 2.46. The van der Waals surface area contributed by atoms with Crippen molar-refractivity contribution in [3.05, 3.63) is 59.2 Å². The van der Waals surface area contributed by atoms with Crippen LogP contribution in [0, 0.1) is 0 Å². The number of aliphatic hydroxyl groups is 1. The van der Waals surface area contributed by atoms with Crippen molar-refractivity contribution in [3.8, 4) is 11.5 Å². The van der Waals surface area contributed by atoms with Crippen molar-refractivity contribution < 1.29 is 32.6 Å². The van der Waals surface area contributed by atoms with Gasteiger partial charge in [-0.2, -0.15) is 0 Å². The monoisotopic (exact) mass is 517 g/mol. The summed E-state index contributed by atoms with van der Waals surface area (Å²) < 4.78 is 36.6. The van der Waals surface area contributed by atoms with E-state index in [0.717, 1.165) is 4.31 Å². The number of nitrogens with zero attached hydrogens (tertiary/aromatic N) is 3. The molecule has 1 aliphatic rings. The van der Waals surface area contributed by atoms with Crippen LogP contribution in [0.15, 0.2) is 52.9 Å². The SMILES string of the molecule is COc1ccc(C2C(=C(O)c3ccc(S(=O)(=O)N(C)C)cc3)C(=O)C(=O)N2CCN(C)C)cc1OC. The van der Waals surface area contributed by atoms with Gasteiger partial charge in [-0.05, 0) is 56.1 Å². The molecular weight excluding hydrogens is 486 g/mol. The van der Waals surface area contributed by atoms with Crippen LogP contribution in [-0.2, 0) is 19.6 Å². The number of methoxy groups -OCH3 is 2. The fraction of sp³-hybridized carbons (Fsp3) is 0.360. The standard InChI is InChI=1S/C25H31N3O7S/c1-26(2)13-14-28-22(17-9-12-19(34-5)20(15-17)35-6)21(24(30)25(28)31)23(29)16-7-10-18(11-8-16)36(32,33)27(3)4/h7-12,15,22,29H,13-14H2,1-6H3. The molecule has 2 aromatic carbocycles. The first-order valence-corrected chi connectivity index (χ1v) is 12.6. The van der Waals surface area contributed by atoms with Gasteiger partial charge in [-0.25, -0.2) is 12.7 Å². The van der Waals surface area contributed by atoms with Crippen LogP contribution in [0.2, 0.25) is 0 Å². The Bertz CT molecular complexity index is 1290. The van der Waals surface area contributed by atoms with Gasteiger partial charge in [-0.1, -0.05) is 6.07 Å². The number of sulfonamides is 1. The Hall–Kier alpha value is -3.41. The molecule has 1 N–H and O–H groups in total. The third-order valence-corrected chi connectivity index (χ3v) is 7.79. The molecule has 0 bridgehead atoms. The highest BCUT2D eigenvalue weighted by molar-refractivity contribution is 7.89. The third-order valence-electron chi connectivity index (χ3n) is 5.96. The smallest absolute Gasteiger partial charge is 0.295 e. The number of rotatable bonds is 9. The van der Waals surface area contributed by atoms with E-state index in [-0.39, 0.29) is 22.6 Å². The van der Waals surface area contributed by atoms with Crippen LogP contribution >= 0.6 is 0 Å². The zero-order valence-electron chi connectivity index (χ0n) is 21.2. The maximum absolute atomic E-state index is 13.2. The lowest BCUT2D eigenvalue weighted by atomic mass is 9.95. The van der Waals surface area contributed by atoms with Gasteiger partial charge in [0.25, 0.3) is 11.7 Å². The van der Waals surface area contributed by atoms with Crippen molar-refractivity contribution in [2.24, 2.45) is 0 Å². The Balaban J connectivity index is 2.17. The van der Waals surface area contributed by atoms with E-state index >= 15 is 0 Å². The van der Waals surface area contributed by atoms with Crippen molar-refractivity contribution in [2.45, 2.75) is 10.9 Å². The summed E-state index contributed by atoms with van der Waals surface area (Å²) in [6.45, 7) is 0.737. The number of aliphatic hydroxyl groups excluding tert-OH is 1. The number of carbonyl (C=O) groups excluding carboxylic acids is 2. The van der Waals surface area contributed by atoms with Crippen LogP contribution in [0.3, 0.4) is 0 Å². The first-order chi connectivity index (χ1) is 16.9. The topological polar surface area (TPSA) is 117 Å². The lowest BCUT2D eigenvalue weighted by Gasteiger charge is -2.27. The molecule has 1 unspecified atom stereocenters. The maximum Gasteiger partial charge on any atom is 0.295 e. The summed E-state index contributed by atoms with van der Waals surface area (Å²) >= 11 is 0. The molecule has 0 radical (unpaired) electrons. The molecule has 1 amide bonds. The van der Waals surface area contributed by atoms with E-state index in [1.807, 2.05) is 19.0 Å². The van der Waals surface area contributed by atoms with E-state index in [4.69, 9.17) is 9.47 Å². The van der Waals surface area contributed by atoms with Gasteiger partial charge in [0.15, 0.2) is 11.5 Å². The summed E-state index contributed by atoms with van der Waals surface area (Å²) in [6.07, 6.45) is 0. The van der Waals surface area contributed by atoms with Crippen molar-refractivity contribution >= 4 is 27.5 Å². The van der Waals surface area contributed by atoms with E-state index in [0.29, 0.717) is 23.6 Å². The predicted molar refractivity (Wildman–Crippen MR) is 134 cm³/mol. The van der Waals surface area contributed by atoms with Gasteiger partial charge in [0.1, 0.15) is 5.76 Å². The Morgan fingerprint density at radius 3 is 2.11 bits per heavy atom. The zero-order valence-corrected chi connectivity index (χ0v) is 22.0. The van der Waals surface area contributed by atoms with Gasteiger partial charge >= 0.3 is 0 Å². The number of Topliss-reactive ketones (excluding diaryl/α,β-unsaturated/α-hetero) is 1. The van der Waals surface area contributed by atoms with Crippen LogP contribution in [-0.4, -0.2) is 94.8 Å². The number of likely N-dealkylation sites (tertiary alicyclic amines) is 1. The fourth-order valence-corrected chi connectivity index (χ4v) is 4.84. The second kappa shape index (κ2) is 10.7. The summed E-state index contributed by atoms with van der Waals surface area (Å²) in [4.78, 5) is 29.6. The third kappa shape index (κ3) is 5.08. The van der Waals surface area contributed by atoms with Crippen molar-refractivity contribution in [1.29, 1.82) is 0 Å². The first-order valence-electron chi connectivity index (χ1n) is 11.1. The Labute approximate surface area is 211 Å². The summed E-state index contributed by atoms with van der Waals surface area (Å²) in [6, 6.07) is 9.67. The molecule has 0 spiro atoms. The number of ketones is 1. The normalized spacial score (nSPS) is 17.8. The molecule has 1 aliphatic heterocycles. The molecule has 0 aliphatic carbocycles. The Kier molecular flexibility index (Phi) is 8.07. The van der Waals surface area contributed by atoms with Crippen molar-refractivity contribution in [2.75, 3.05) is 55.5 Å². The summed E-state index contributed by atoms with van der Waals surface area (Å²) in [5.74, 6) is -1.06. The van der Waals surface area contributed by atoms with E-state index in [9.17, 15) is 23.1 Å². The van der Waals surface area contributed by atoms with Crippen LogP contribution in [0.1, 0.15) is 17.2 Å². The largest absolute Gasteiger partial charge is 0.507 e. The molecule has 1 fully saturated rings. The van der Waals surface area contributed by atoms with E-state index in [1.165, 1.54) is 57.5 Å². The minimum Gasteiger partial charge on any atom is -0.507 e. The summed E-state index contributed by atoms with van der Waals surface area (Å²) in [5, 5.41) is 11.2. The van der Waals surface area contributed by atoms with E-state index in [1.54, 1.807) is 18.2 Å². The number of benzene rings is 2. The quantitative estimate of drug-likeness (QED) is 0.305. The van der Waals surface area contributed by atoms with Gasteiger partial charge in [-0.3, -0.25) is 9.59 Å². The Morgan fingerprint density at radius 1 is 0.972 bits per heavy atom. The summed E-state index contributed by atoms with van der Waals surface area (Å²) in [7, 11) is 5.85. The Morgan fingerprint density at radius 2 is 1.58 bits per heavy atom. The highest BCUT2D eigenvalue weighted by Crippen LogP contribution is 2.41. The minimum absolute atomic E-state index is 0.0342. The average Bonchev–Trinajstić information content (AvgIpc) is 3.11. The van der Waals surface area contributed by atoms with E-state index in [2.05, 4.69) is 0 Å². The van der Waals surface area contributed by atoms with Crippen LogP contribution in [0.5, 0.6) is 11.5 Å². The molecule has 1 saturated heterocycles. The van der Waals surface area contributed by atoms with Crippen LogP contribution in [0.4, 0.5) is 0 Å². The molecule has 194 valence electrons. The minimum atomic E-state index is -3.67. The number of amides is 1. The van der Waals surface area contributed by atoms with E-state index < -0.39 is 33.5 Å². The molecule has 1 heterocycles. The van der Waals surface area contributed by atoms with Gasteiger partial charge < -0.3 is 24.4 Å². The molecule has 1 atom stereocenters. The second-order valence-corrected chi connectivity index (χ2v) is 10.9. The molecule has 3 rings (SSSR count). The van der Waals surface area contributed by atoms with Crippen LogP contribution < -0.4 is 9.47 Å². The van der Waals surface area contributed by atoms with Gasteiger partial charge in [0.05, 0.1) is 30.7 Å². The lowest BCUT2D eigenvalue weighted by Crippen LogP contribution is -2.35. The molecule has 2 aromatic rings. The summed E-state index contributed by atoms with van der Waals surface area (Å²) in [5.41, 5.74) is 0.678. The predicted octanol–water partition coefficient (Wildman–Crippen LogP) is 1.94. The molecule has 10 nitrogen and oxygen atoms in total. The highest BCUT2D eigenvalue weighted by atomic mass is 32.2. The number of hydrogen-bond acceptors (Lipinski definition) is 8. The van der Waals surface area contributed by atoms with Crippen molar-refractivity contribution in [1.82, 2.24) is 14.1 Å². The van der Waals surface area contributed by atoms with Gasteiger partial charge in [0, 0.05) is 32.7 Å². The molecule has 0 saturated carbocycles. The number of hydrogen-bond donors (Lipinski definition) is 1. The molecule has 36 heavy (non-hydrogen) atoms. The van der Waals surface area contributed by atoms with Gasteiger partial charge in [0.2, 0.25) is 10.0 Å². The lowest BCUT2D eigenvalue weighted by molar-refractivity contribution is -0.140. The average molecular weight is 518 g/mol. The number of likely N-dealkylation sites (N-methyl/N-ethyl adjacent to an activating group) is 1. The number of ether oxygens (including phenoxy) is 2. The molecule has 11 heteroatoms.